The molecule has 2 aliphatic rings. The first kappa shape index (κ1) is 16.0. The van der Waals surface area contributed by atoms with E-state index in [1.807, 2.05) is 59.5 Å². The van der Waals surface area contributed by atoms with E-state index in [0.29, 0.717) is 12.6 Å². The lowest BCUT2D eigenvalue weighted by Gasteiger charge is -2.34. The summed E-state index contributed by atoms with van der Waals surface area (Å²) >= 11 is 0. The molecule has 25 heavy (non-hydrogen) atoms. The highest BCUT2D eigenvalue weighted by Crippen LogP contribution is 2.22. The molecular weight excluding hydrogens is 314 g/mol. The van der Waals surface area contributed by atoms with Crippen LogP contribution in [0.4, 0.5) is 10.5 Å². The molecule has 0 aromatic heterocycles. The fourth-order valence-corrected chi connectivity index (χ4v) is 3.53. The summed E-state index contributed by atoms with van der Waals surface area (Å²) in [6.45, 7) is 4.45. The van der Waals surface area contributed by atoms with Crippen molar-refractivity contribution in [3.63, 3.8) is 0 Å². The lowest BCUT2D eigenvalue weighted by molar-refractivity contribution is 0.153. The summed E-state index contributed by atoms with van der Waals surface area (Å²) < 4.78 is 5.74. The van der Waals surface area contributed by atoms with Crippen molar-refractivity contribution < 1.29 is 9.53 Å². The summed E-state index contributed by atoms with van der Waals surface area (Å²) in [5.74, 6) is 0.857. The van der Waals surface area contributed by atoms with Crippen LogP contribution in [0.2, 0.25) is 0 Å². The number of fused-ring (bicyclic) bond motifs is 2. The second-order valence-corrected chi connectivity index (χ2v) is 6.67. The van der Waals surface area contributed by atoms with E-state index in [2.05, 4.69) is 10.2 Å². The van der Waals surface area contributed by atoms with Gasteiger partial charge in [-0.1, -0.05) is 30.3 Å². The Bertz CT molecular complexity index is 717. The third-order valence-corrected chi connectivity index (χ3v) is 4.96. The summed E-state index contributed by atoms with van der Waals surface area (Å²) in [5.41, 5.74) is 1.90. The number of nitrogens with one attached hydrogen (secondary N) is 1. The van der Waals surface area contributed by atoms with Crippen molar-refractivity contribution in [2.45, 2.75) is 19.1 Å². The van der Waals surface area contributed by atoms with Crippen LogP contribution in [-0.2, 0) is 6.61 Å². The maximum Gasteiger partial charge on any atom is 0.322 e. The first-order chi connectivity index (χ1) is 12.3. The number of ether oxygens (including phenoxy) is 1. The van der Waals surface area contributed by atoms with Crippen molar-refractivity contribution in [1.82, 2.24) is 9.80 Å². The zero-order valence-electron chi connectivity index (χ0n) is 14.2. The first-order valence-electron chi connectivity index (χ1n) is 8.85. The quantitative estimate of drug-likeness (QED) is 0.932. The van der Waals surface area contributed by atoms with E-state index < -0.39 is 0 Å². The third kappa shape index (κ3) is 3.77. The smallest absolute Gasteiger partial charge is 0.322 e. The molecule has 2 aromatic rings. The van der Waals surface area contributed by atoms with Gasteiger partial charge in [0.25, 0.3) is 0 Å². The van der Waals surface area contributed by atoms with Gasteiger partial charge in [-0.2, -0.15) is 0 Å². The van der Waals surface area contributed by atoms with Gasteiger partial charge < -0.3 is 15.0 Å². The highest BCUT2D eigenvalue weighted by Gasteiger charge is 2.34. The second-order valence-electron chi connectivity index (χ2n) is 6.67. The average Bonchev–Trinajstić information content (AvgIpc) is 3.02. The molecular formula is C20H23N3O2. The highest BCUT2D eigenvalue weighted by molar-refractivity contribution is 5.89. The van der Waals surface area contributed by atoms with Crippen molar-refractivity contribution in [1.29, 1.82) is 0 Å². The van der Waals surface area contributed by atoms with Crippen LogP contribution in [0.5, 0.6) is 5.75 Å². The van der Waals surface area contributed by atoms with E-state index in [1.54, 1.807) is 0 Å². The molecule has 2 fully saturated rings. The van der Waals surface area contributed by atoms with Crippen LogP contribution in [0, 0.1) is 0 Å². The number of piperazine rings is 1. The van der Waals surface area contributed by atoms with Crippen LogP contribution in [0.1, 0.15) is 12.0 Å². The maximum absolute atomic E-state index is 12.5. The van der Waals surface area contributed by atoms with Crippen LogP contribution >= 0.6 is 0 Å². The maximum atomic E-state index is 12.5. The van der Waals surface area contributed by atoms with Crippen LogP contribution < -0.4 is 10.1 Å². The van der Waals surface area contributed by atoms with Gasteiger partial charge in [0.15, 0.2) is 0 Å². The molecule has 5 nitrogen and oxygen atoms in total. The summed E-state index contributed by atoms with van der Waals surface area (Å²) in [5, 5.41) is 3.02. The molecule has 0 radical (unpaired) electrons. The van der Waals surface area contributed by atoms with Gasteiger partial charge in [0.2, 0.25) is 0 Å². The number of urea groups is 1. The van der Waals surface area contributed by atoms with Crippen molar-refractivity contribution in [3.05, 3.63) is 60.2 Å². The molecule has 0 saturated carbocycles. The monoisotopic (exact) mass is 337 g/mol. The largest absolute Gasteiger partial charge is 0.489 e. The Kier molecular flexibility index (Phi) is 4.57. The van der Waals surface area contributed by atoms with Crippen LogP contribution in [0.25, 0.3) is 0 Å². The van der Waals surface area contributed by atoms with E-state index in [9.17, 15) is 4.79 Å². The first-order valence-corrected chi connectivity index (χ1v) is 8.85. The molecule has 2 heterocycles. The molecule has 2 amide bonds. The number of anilines is 1. The number of hydrogen-bond donors (Lipinski definition) is 1. The van der Waals surface area contributed by atoms with E-state index in [4.69, 9.17) is 4.74 Å². The number of amides is 2. The number of benzene rings is 2. The van der Waals surface area contributed by atoms with Crippen molar-refractivity contribution in [2.24, 2.45) is 0 Å². The van der Waals surface area contributed by atoms with Gasteiger partial charge >= 0.3 is 6.03 Å². The number of hydrogen-bond acceptors (Lipinski definition) is 3. The molecule has 130 valence electrons. The topological polar surface area (TPSA) is 44.8 Å². The fourth-order valence-electron chi connectivity index (χ4n) is 3.53. The van der Waals surface area contributed by atoms with Gasteiger partial charge in [0.1, 0.15) is 12.4 Å². The summed E-state index contributed by atoms with van der Waals surface area (Å²) in [6, 6.07) is 18.0. The Morgan fingerprint density at radius 1 is 1.04 bits per heavy atom. The van der Waals surface area contributed by atoms with Gasteiger partial charge in [-0.3, -0.25) is 4.90 Å². The van der Waals surface area contributed by atoms with Gasteiger partial charge in [-0.05, 0) is 36.2 Å². The number of carbonyl (C=O) groups is 1. The molecule has 0 spiro atoms. The lowest BCUT2D eigenvalue weighted by Crippen LogP contribution is -2.50. The summed E-state index contributed by atoms with van der Waals surface area (Å²) in [6.07, 6.45) is 1.09. The number of carbonyl (C=O) groups excluding carboxylic acids is 1. The second kappa shape index (κ2) is 7.15. The standard InChI is InChI=1S/C20H23N3O2/c24-20(23-13-12-22-11-10-18(23)14-22)21-17-8-6-16(7-9-17)15-25-19-4-2-1-3-5-19/h1-9,18H,10-15H2,(H,21,24). The predicted molar refractivity (Wildman–Crippen MR) is 97.8 cm³/mol. The Balaban J connectivity index is 1.32. The van der Waals surface area contributed by atoms with Gasteiger partial charge in [0.05, 0.1) is 0 Å². The van der Waals surface area contributed by atoms with Crippen molar-refractivity contribution in [2.75, 3.05) is 31.5 Å². The molecule has 2 atom stereocenters. The molecule has 2 aliphatic heterocycles. The Morgan fingerprint density at radius 3 is 2.64 bits per heavy atom. The van der Waals surface area contributed by atoms with E-state index in [0.717, 1.165) is 49.6 Å². The normalized spacial score (nSPS) is 21.8. The molecule has 5 heteroatoms. The van der Waals surface area contributed by atoms with Gasteiger partial charge in [0, 0.05) is 37.9 Å². The lowest BCUT2D eigenvalue weighted by atomic mass is 10.2. The van der Waals surface area contributed by atoms with Crippen LogP contribution in [0.15, 0.2) is 54.6 Å². The molecule has 2 aromatic carbocycles. The van der Waals surface area contributed by atoms with Crippen LogP contribution in [-0.4, -0.2) is 48.1 Å². The average molecular weight is 337 g/mol. The van der Waals surface area contributed by atoms with Crippen molar-refractivity contribution in [3.8, 4) is 5.75 Å². The van der Waals surface area contributed by atoms with E-state index >= 15 is 0 Å². The summed E-state index contributed by atoms with van der Waals surface area (Å²) in [7, 11) is 0. The highest BCUT2D eigenvalue weighted by atomic mass is 16.5. The molecule has 4 rings (SSSR count). The number of nitrogens with zero attached hydrogens (tertiary/aromatic N) is 2. The molecule has 1 N–H and O–H groups in total. The van der Waals surface area contributed by atoms with E-state index in [1.165, 1.54) is 0 Å². The van der Waals surface area contributed by atoms with E-state index in [-0.39, 0.29) is 6.03 Å². The zero-order valence-corrected chi connectivity index (χ0v) is 14.2. The Morgan fingerprint density at radius 2 is 1.84 bits per heavy atom. The SMILES string of the molecule is O=C(Nc1ccc(COc2ccccc2)cc1)N1CCN2CCC1C2. The minimum absolute atomic E-state index is 0.0137. The summed E-state index contributed by atoms with van der Waals surface area (Å²) in [4.78, 5) is 16.9. The van der Waals surface area contributed by atoms with Crippen molar-refractivity contribution >= 4 is 11.7 Å². The fraction of sp³-hybridized carbons (Fsp3) is 0.350. The molecule has 2 bridgehead atoms. The molecule has 2 saturated heterocycles. The van der Waals surface area contributed by atoms with Crippen LogP contribution in [0.3, 0.4) is 0 Å². The third-order valence-electron chi connectivity index (χ3n) is 4.96. The number of para-hydroxylation sites is 1. The van der Waals surface area contributed by atoms with Gasteiger partial charge in [-0.25, -0.2) is 4.79 Å². The van der Waals surface area contributed by atoms with Gasteiger partial charge in [-0.15, -0.1) is 0 Å². The Hall–Kier alpha value is -2.53. The minimum Gasteiger partial charge on any atom is -0.489 e. The molecule has 2 unspecified atom stereocenters. The minimum atomic E-state index is 0.0137. The Labute approximate surface area is 148 Å². The molecule has 0 aliphatic carbocycles. The zero-order chi connectivity index (χ0) is 17.1. The predicted octanol–water partition coefficient (Wildman–Crippen LogP) is 3.19. The number of rotatable bonds is 4.